The molecule has 0 spiro atoms. The molecule has 3 aromatic rings. The summed E-state index contributed by atoms with van der Waals surface area (Å²) >= 11 is 6.05. The number of sulfonamides is 1. The number of anilines is 1. The van der Waals surface area contributed by atoms with Gasteiger partial charge in [0.1, 0.15) is 12.6 Å². The van der Waals surface area contributed by atoms with E-state index in [1.165, 1.54) is 17.0 Å². The molecule has 7 nitrogen and oxygen atoms in total. The minimum absolute atomic E-state index is 0.0714. The quantitative estimate of drug-likeness (QED) is 0.331. The fourth-order valence-corrected chi connectivity index (χ4v) is 5.52. The van der Waals surface area contributed by atoms with E-state index in [0.717, 1.165) is 27.4 Å². The highest BCUT2D eigenvalue weighted by atomic mass is 35.5. The third kappa shape index (κ3) is 7.61. The average molecular weight is 570 g/mol. The number of halogens is 1. The van der Waals surface area contributed by atoms with Crippen LogP contribution in [-0.2, 0) is 26.2 Å². The van der Waals surface area contributed by atoms with E-state index >= 15 is 0 Å². The van der Waals surface area contributed by atoms with Crippen molar-refractivity contribution < 1.29 is 18.0 Å². The van der Waals surface area contributed by atoms with Gasteiger partial charge in [0.15, 0.2) is 0 Å². The van der Waals surface area contributed by atoms with E-state index in [9.17, 15) is 18.0 Å². The van der Waals surface area contributed by atoms with Crippen molar-refractivity contribution in [3.8, 4) is 0 Å². The van der Waals surface area contributed by atoms with Crippen molar-refractivity contribution in [1.82, 2.24) is 10.2 Å². The second kappa shape index (κ2) is 13.1. The van der Waals surface area contributed by atoms with E-state index in [0.29, 0.717) is 10.7 Å². The first kappa shape index (κ1) is 30.2. The zero-order valence-electron chi connectivity index (χ0n) is 23.0. The van der Waals surface area contributed by atoms with E-state index in [1.807, 2.05) is 33.8 Å². The molecule has 0 fully saturated rings. The monoisotopic (exact) mass is 569 g/mol. The summed E-state index contributed by atoms with van der Waals surface area (Å²) in [5, 5.41) is 3.48. The number of hydrogen-bond acceptors (Lipinski definition) is 4. The van der Waals surface area contributed by atoms with Crippen molar-refractivity contribution in [2.45, 2.75) is 64.6 Å². The number of nitrogens with zero attached hydrogens (tertiary/aromatic N) is 2. The topological polar surface area (TPSA) is 86.8 Å². The van der Waals surface area contributed by atoms with E-state index in [2.05, 4.69) is 5.32 Å². The smallest absolute Gasteiger partial charge is 0.264 e. The van der Waals surface area contributed by atoms with Crippen molar-refractivity contribution in [2.24, 2.45) is 0 Å². The Bertz CT molecular complexity index is 1400. The number of amides is 2. The lowest BCUT2D eigenvalue weighted by atomic mass is 10.1. The highest BCUT2D eigenvalue weighted by Gasteiger charge is 2.32. The minimum Gasteiger partial charge on any atom is -0.352 e. The lowest BCUT2D eigenvalue weighted by Crippen LogP contribution is -2.52. The molecule has 208 valence electrons. The van der Waals surface area contributed by atoms with Crippen LogP contribution in [0.3, 0.4) is 0 Å². The SMILES string of the molecule is CC[C@H](C)NC(=O)[C@@H](C)N(Cc1ccc(Cl)cc1)C(=O)CN(c1ccc(C)c(C)c1)S(=O)(=O)c1ccccc1. The minimum atomic E-state index is -4.09. The molecule has 0 aliphatic carbocycles. The molecule has 0 saturated carbocycles. The third-order valence-corrected chi connectivity index (χ3v) is 8.86. The van der Waals surface area contributed by atoms with Gasteiger partial charge >= 0.3 is 0 Å². The predicted octanol–water partition coefficient (Wildman–Crippen LogP) is 5.48. The van der Waals surface area contributed by atoms with E-state index in [-0.39, 0.29) is 23.4 Å². The van der Waals surface area contributed by atoms with Gasteiger partial charge in [-0.2, -0.15) is 0 Å². The molecule has 0 saturated heterocycles. The Balaban J connectivity index is 2.03. The Morgan fingerprint density at radius 2 is 1.56 bits per heavy atom. The summed E-state index contributed by atoms with van der Waals surface area (Å²) in [5.74, 6) is -0.815. The second-order valence-corrected chi connectivity index (χ2v) is 12.0. The largest absolute Gasteiger partial charge is 0.352 e. The number of rotatable bonds is 11. The standard InChI is InChI=1S/C30H36ClN3O4S/c1-6-23(4)32-30(36)24(5)33(19-25-13-15-26(31)16-14-25)29(35)20-34(27-17-12-21(2)22(3)18-27)39(37,38)28-10-8-7-9-11-28/h7-18,23-24H,6,19-20H2,1-5H3,(H,32,36)/t23-,24+/m0/s1. The molecule has 0 unspecified atom stereocenters. The third-order valence-electron chi connectivity index (χ3n) is 6.82. The van der Waals surface area contributed by atoms with Crippen LogP contribution in [0.25, 0.3) is 0 Å². The molecule has 9 heteroatoms. The number of nitrogens with one attached hydrogen (secondary N) is 1. The van der Waals surface area contributed by atoms with Crippen LogP contribution in [0, 0.1) is 13.8 Å². The Hall–Kier alpha value is -3.36. The zero-order chi connectivity index (χ0) is 28.7. The first-order valence-electron chi connectivity index (χ1n) is 12.9. The molecule has 39 heavy (non-hydrogen) atoms. The molecule has 0 bridgehead atoms. The van der Waals surface area contributed by atoms with E-state index < -0.39 is 28.5 Å². The normalized spacial score (nSPS) is 12.9. The molecule has 3 aromatic carbocycles. The number of carbonyl (C=O) groups excluding carboxylic acids is 2. The van der Waals surface area contributed by atoms with Crippen molar-refractivity contribution in [3.63, 3.8) is 0 Å². The highest BCUT2D eigenvalue weighted by Crippen LogP contribution is 2.26. The summed E-state index contributed by atoms with van der Waals surface area (Å²) in [4.78, 5) is 28.5. The lowest BCUT2D eigenvalue weighted by Gasteiger charge is -2.32. The number of carbonyl (C=O) groups is 2. The van der Waals surface area contributed by atoms with Crippen LogP contribution in [0.1, 0.15) is 43.9 Å². The highest BCUT2D eigenvalue weighted by molar-refractivity contribution is 7.92. The van der Waals surface area contributed by atoms with Gasteiger partial charge in [0.05, 0.1) is 10.6 Å². The number of hydrogen-bond donors (Lipinski definition) is 1. The molecule has 0 heterocycles. The molecule has 0 aliphatic rings. The van der Waals surface area contributed by atoms with Gasteiger partial charge in [-0.1, -0.05) is 54.9 Å². The van der Waals surface area contributed by atoms with Crippen LogP contribution in [-0.4, -0.2) is 43.8 Å². The number of aryl methyl sites for hydroxylation is 2. The summed E-state index contributed by atoms with van der Waals surface area (Å²) in [5.41, 5.74) is 3.03. The van der Waals surface area contributed by atoms with Gasteiger partial charge in [-0.05, 0) is 87.2 Å². The fraction of sp³-hybridized carbons (Fsp3) is 0.333. The molecule has 0 radical (unpaired) electrons. The van der Waals surface area contributed by atoms with Gasteiger partial charge in [0, 0.05) is 17.6 Å². The predicted molar refractivity (Wildman–Crippen MR) is 156 cm³/mol. The van der Waals surface area contributed by atoms with Crippen LogP contribution < -0.4 is 9.62 Å². The maximum absolute atomic E-state index is 13.9. The van der Waals surface area contributed by atoms with Crippen LogP contribution in [0.15, 0.2) is 77.7 Å². The van der Waals surface area contributed by atoms with Gasteiger partial charge in [-0.25, -0.2) is 8.42 Å². The first-order valence-corrected chi connectivity index (χ1v) is 14.7. The molecular weight excluding hydrogens is 534 g/mol. The molecule has 0 aromatic heterocycles. The Labute approximate surface area is 236 Å². The summed E-state index contributed by atoms with van der Waals surface area (Å²) in [6, 6.07) is 19.4. The number of benzene rings is 3. The van der Waals surface area contributed by atoms with Gasteiger partial charge in [-0.3, -0.25) is 13.9 Å². The van der Waals surface area contributed by atoms with Gasteiger partial charge in [-0.15, -0.1) is 0 Å². The van der Waals surface area contributed by atoms with Gasteiger partial charge in [0.2, 0.25) is 11.8 Å². The summed E-state index contributed by atoms with van der Waals surface area (Å²) < 4.78 is 28.8. The lowest BCUT2D eigenvalue weighted by molar-refractivity contribution is -0.139. The van der Waals surface area contributed by atoms with Crippen molar-refractivity contribution in [3.05, 3.63) is 94.5 Å². The first-order chi connectivity index (χ1) is 18.4. The van der Waals surface area contributed by atoms with Crippen LogP contribution in [0.4, 0.5) is 5.69 Å². The second-order valence-electron chi connectivity index (χ2n) is 9.74. The van der Waals surface area contributed by atoms with Gasteiger partial charge < -0.3 is 10.2 Å². The summed E-state index contributed by atoms with van der Waals surface area (Å²) in [7, 11) is -4.09. The zero-order valence-corrected chi connectivity index (χ0v) is 24.6. The molecule has 2 amide bonds. The van der Waals surface area contributed by atoms with E-state index in [4.69, 9.17) is 11.6 Å². The molecular formula is C30H36ClN3O4S. The average Bonchev–Trinajstić information content (AvgIpc) is 2.92. The van der Waals surface area contributed by atoms with Crippen molar-refractivity contribution in [2.75, 3.05) is 10.8 Å². The van der Waals surface area contributed by atoms with Crippen LogP contribution >= 0.6 is 11.6 Å². The maximum Gasteiger partial charge on any atom is 0.264 e. The maximum atomic E-state index is 13.9. The summed E-state index contributed by atoms with van der Waals surface area (Å²) in [6.07, 6.45) is 0.736. The molecule has 3 rings (SSSR count). The Morgan fingerprint density at radius 1 is 0.923 bits per heavy atom. The van der Waals surface area contributed by atoms with Crippen molar-refractivity contribution in [1.29, 1.82) is 0 Å². The summed E-state index contributed by atoms with van der Waals surface area (Å²) in [6.45, 7) is 8.96. The molecule has 2 atom stereocenters. The fourth-order valence-electron chi connectivity index (χ4n) is 3.96. The Morgan fingerprint density at radius 3 is 2.15 bits per heavy atom. The van der Waals surface area contributed by atoms with Gasteiger partial charge in [0.25, 0.3) is 10.0 Å². The van der Waals surface area contributed by atoms with Crippen LogP contribution in [0.5, 0.6) is 0 Å². The molecule has 1 N–H and O–H groups in total. The Kier molecular flexibility index (Phi) is 10.2. The van der Waals surface area contributed by atoms with Crippen LogP contribution in [0.2, 0.25) is 5.02 Å². The molecule has 0 aliphatic heterocycles. The van der Waals surface area contributed by atoms with E-state index in [1.54, 1.807) is 61.5 Å². The van der Waals surface area contributed by atoms with Crippen molar-refractivity contribution >= 4 is 39.1 Å².